The van der Waals surface area contributed by atoms with E-state index in [2.05, 4.69) is 6.07 Å². The summed E-state index contributed by atoms with van der Waals surface area (Å²) in [4.78, 5) is 0. The summed E-state index contributed by atoms with van der Waals surface area (Å²) in [5, 5.41) is 9.90. The Morgan fingerprint density at radius 1 is 0.679 bits per heavy atom. The molecule has 0 amide bonds. The quantitative estimate of drug-likeness (QED) is 0.506. The maximum atomic E-state index is 9.90. The number of methoxy groups -OCH3 is 6. The van der Waals surface area contributed by atoms with Crippen LogP contribution in [0.1, 0.15) is 16.7 Å². The van der Waals surface area contributed by atoms with Gasteiger partial charge in [-0.15, -0.1) is 0 Å². The third-order valence-electron chi connectivity index (χ3n) is 4.13. The first-order chi connectivity index (χ1) is 13.6. The van der Waals surface area contributed by atoms with Gasteiger partial charge in [0.15, 0.2) is 23.0 Å². The summed E-state index contributed by atoms with van der Waals surface area (Å²) >= 11 is 0. The van der Waals surface area contributed by atoms with Crippen LogP contribution in [0.15, 0.2) is 30.3 Å². The first-order valence-corrected chi connectivity index (χ1v) is 8.31. The fraction of sp³-hybridized carbons (Fsp3) is 0.286. The molecule has 0 atom stereocenters. The van der Waals surface area contributed by atoms with Gasteiger partial charge in [-0.3, -0.25) is 0 Å². The van der Waals surface area contributed by atoms with Crippen LogP contribution in [0.5, 0.6) is 23.0 Å². The molecule has 7 heteroatoms. The van der Waals surface area contributed by atoms with E-state index >= 15 is 0 Å². The predicted octanol–water partition coefficient (Wildman–Crippen LogP) is 3.71. The Morgan fingerprint density at radius 2 is 1.18 bits per heavy atom. The average Bonchev–Trinajstić information content (AvgIpc) is 2.75. The van der Waals surface area contributed by atoms with Crippen LogP contribution in [0.25, 0.3) is 11.5 Å². The highest BCUT2D eigenvalue weighted by molar-refractivity contribution is 5.91. The highest BCUT2D eigenvalue weighted by Gasteiger charge is 2.32. The van der Waals surface area contributed by atoms with Gasteiger partial charge in [0.2, 0.25) is 11.5 Å². The van der Waals surface area contributed by atoms with Gasteiger partial charge in [-0.25, -0.2) is 0 Å². The van der Waals surface area contributed by atoms with Crippen LogP contribution in [-0.4, -0.2) is 42.7 Å². The summed E-state index contributed by atoms with van der Waals surface area (Å²) < 4.78 is 33.2. The maximum absolute atomic E-state index is 9.90. The second-order valence-electron chi connectivity index (χ2n) is 5.43. The largest absolute Gasteiger partial charge is 0.492 e. The summed E-state index contributed by atoms with van der Waals surface area (Å²) in [7, 11) is 8.85. The molecule has 28 heavy (non-hydrogen) atoms. The maximum Gasteiger partial charge on any atom is 0.208 e. The minimum absolute atomic E-state index is 0.166. The van der Waals surface area contributed by atoms with Crippen molar-refractivity contribution in [3.8, 4) is 29.1 Å². The van der Waals surface area contributed by atoms with Crippen LogP contribution >= 0.6 is 0 Å². The molecule has 0 spiro atoms. The summed E-state index contributed by atoms with van der Waals surface area (Å²) in [6.07, 6.45) is 0. The minimum atomic E-state index is 0.166. The van der Waals surface area contributed by atoms with Crippen molar-refractivity contribution in [3.05, 3.63) is 47.0 Å². The van der Waals surface area contributed by atoms with Crippen LogP contribution in [0.2, 0.25) is 0 Å². The van der Waals surface area contributed by atoms with Crippen LogP contribution in [0, 0.1) is 11.3 Å². The Kier molecular flexibility index (Phi) is 6.99. The molecule has 0 heterocycles. The Balaban J connectivity index is 3.04. The van der Waals surface area contributed by atoms with Crippen molar-refractivity contribution < 1.29 is 28.4 Å². The van der Waals surface area contributed by atoms with Crippen LogP contribution < -0.4 is 18.9 Å². The zero-order valence-corrected chi connectivity index (χ0v) is 16.8. The third kappa shape index (κ3) is 3.49. The summed E-state index contributed by atoms with van der Waals surface area (Å²) in [6, 6.07) is 11.5. The molecule has 0 aromatic heterocycles. The molecule has 0 unspecified atom stereocenters. The second-order valence-corrected chi connectivity index (χ2v) is 5.43. The Hall–Kier alpha value is -3.53. The number of hydrogen-bond donors (Lipinski definition) is 0. The molecule has 2 aromatic carbocycles. The molecule has 0 saturated carbocycles. The number of nitriles is 1. The SMILES string of the molecule is COC(=C(OC)c1c(C#N)c(OC)c(OC)c(OC)c1OC)c1ccccc1. The van der Waals surface area contributed by atoms with Crippen LogP contribution in [-0.2, 0) is 9.47 Å². The fourth-order valence-electron chi connectivity index (χ4n) is 2.98. The van der Waals surface area contributed by atoms with E-state index in [1.165, 1.54) is 42.7 Å². The summed E-state index contributed by atoms with van der Waals surface area (Å²) in [5.41, 5.74) is 1.27. The molecule has 0 bridgehead atoms. The smallest absolute Gasteiger partial charge is 0.208 e. The zero-order chi connectivity index (χ0) is 20.7. The Morgan fingerprint density at radius 3 is 1.61 bits per heavy atom. The monoisotopic (exact) mass is 385 g/mol. The van der Waals surface area contributed by atoms with Gasteiger partial charge in [0, 0.05) is 5.56 Å². The predicted molar refractivity (Wildman–Crippen MR) is 105 cm³/mol. The first-order valence-electron chi connectivity index (χ1n) is 8.31. The van der Waals surface area contributed by atoms with Crippen molar-refractivity contribution in [2.75, 3.05) is 42.7 Å². The van der Waals surface area contributed by atoms with E-state index in [0.717, 1.165) is 5.56 Å². The highest BCUT2D eigenvalue weighted by Crippen LogP contribution is 2.52. The van der Waals surface area contributed by atoms with Gasteiger partial charge in [0.05, 0.1) is 48.2 Å². The van der Waals surface area contributed by atoms with Gasteiger partial charge in [-0.05, 0) is 0 Å². The lowest BCUT2D eigenvalue weighted by atomic mass is 9.99. The fourth-order valence-corrected chi connectivity index (χ4v) is 2.98. The normalized spacial score (nSPS) is 11.0. The van der Waals surface area contributed by atoms with Gasteiger partial charge in [0.1, 0.15) is 11.6 Å². The molecule has 2 aromatic rings. The molecule has 2 rings (SSSR count). The molecule has 0 aliphatic carbocycles. The zero-order valence-electron chi connectivity index (χ0n) is 16.8. The third-order valence-corrected chi connectivity index (χ3v) is 4.13. The van der Waals surface area contributed by atoms with Gasteiger partial charge in [0.25, 0.3) is 0 Å². The lowest BCUT2D eigenvalue weighted by Crippen LogP contribution is -2.07. The highest BCUT2D eigenvalue weighted by atomic mass is 16.5. The van der Waals surface area contributed by atoms with Crippen LogP contribution in [0.3, 0.4) is 0 Å². The number of rotatable bonds is 8. The van der Waals surface area contributed by atoms with Crippen LogP contribution in [0.4, 0.5) is 0 Å². The van der Waals surface area contributed by atoms with Crippen molar-refractivity contribution in [2.24, 2.45) is 0 Å². The van der Waals surface area contributed by atoms with Crippen molar-refractivity contribution in [1.82, 2.24) is 0 Å². The second kappa shape index (κ2) is 9.42. The average molecular weight is 385 g/mol. The topological polar surface area (TPSA) is 79.2 Å². The summed E-state index contributed by atoms with van der Waals surface area (Å²) in [6.45, 7) is 0. The molecule has 0 saturated heterocycles. The van der Waals surface area contributed by atoms with E-state index in [-0.39, 0.29) is 28.6 Å². The van der Waals surface area contributed by atoms with E-state index in [1.54, 1.807) is 0 Å². The standard InChI is InChI=1S/C21H23NO6/c1-23-16(13-10-8-7-9-11-13)18(25-3)15-14(12-22)17(24-2)20(27-5)21(28-6)19(15)26-4/h7-11H,1-6H3. The Bertz CT molecular complexity index is 900. The molecule has 0 radical (unpaired) electrons. The van der Waals surface area contributed by atoms with Gasteiger partial charge in [-0.2, -0.15) is 5.26 Å². The molecular weight excluding hydrogens is 362 g/mol. The van der Waals surface area contributed by atoms with Crippen molar-refractivity contribution in [3.63, 3.8) is 0 Å². The number of hydrogen-bond acceptors (Lipinski definition) is 7. The Labute approximate surface area is 164 Å². The van der Waals surface area contributed by atoms with E-state index in [1.807, 2.05) is 30.3 Å². The molecule has 7 nitrogen and oxygen atoms in total. The lowest BCUT2D eigenvalue weighted by molar-refractivity contribution is 0.299. The van der Waals surface area contributed by atoms with E-state index in [0.29, 0.717) is 17.1 Å². The number of benzene rings is 2. The first kappa shape index (κ1) is 20.8. The minimum Gasteiger partial charge on any atom is -0.492 e. The lowest BCUT2D eigenvalue weighted by Gasteiger charge is -2.22. The van der Waals surface area contributed by atoms with E-state index in [9.17, 15) is 5.26 Å². The molecular formula is C21H23NO6. The number of nitrogens with zero attached hydrogens (tertiary/aromatic N) is 1. The summed E-state index contributed by atoms with van der Waals surface area (Å²) in [5.74, 6) is 1.70. The van der Waals surface area contributed by atoms with Crippen molar-refractivity contribution in [1.29, 1.82) is 5.26 Å². The molecule has 0 aliphatic rings. The van der Waals surface area contributed by atoms with Gasteiger partial charge in [-0.1, -0.05) is 30.3 Å². The molecule has 0 aliphatic heterocycles. The van der Waals surface area contributed by atoms with Gasteiger partial charge < -0.3 is 28.4 Å². The van der Waals surface area contributed by atoms with Gasteiger partial charge >= 0.3 is 0 Å². The molecule has 148 valence electrons. The van der Waals surface area contributed by atoms with Crippen molar-refractivity contribution in [2.45, 2.75) is 0 Å². The van der Waals surface area contributed by atoms with E-state index in [4.69, 9.17) is 28.4 Å². The number of ether oxygens (including phenoxy) is 6. The van der Waals surface area contributed by atoms with E-state index < -0.39 is 0 Å². The van der Waals surface area contributed by atoms with Crippen molar-refractivity contribution >= 4 is 11.5 Å². The molecule has 0 N–H and O–H groups in total. The molecule has 0 fully saturated rings.